The van der Waals surface area contributed by atoms with E-state index >= 15 is 0 Å². The standard InChI is InChI=1S/C14H21N3O3/c1-4-11(3)16-13(18)8-9-15-12-7-5-6-10(2)14(12)17(19)20/h5-7,11,15H,4,8-9H2,1-3H3,(H,16,18). The molecule has 1 unspecified atom stereocenters. The Labute approximate surface area is 118 Å². The molecule has 0 spiro atoms. The number of aryl methyl sites for hydroxylation is 1. The second-order valence-corrected chi connectivity index (χ2v) is 4.78. The Morgan fingerprint density at radius 2 is 2.15 bits per heavy atom. The van der Waals surface area contributed by atoms with E-state index < -0.39 is 4.92 Å². The molecule has 20 heavy (non-hydrogen) atoms. The second-order valence-electron chi connectivity index (χ2n) is 4.78. The molecular formula is C14H21N3O3. The van der Waals surface area contributed by atoms with Crippen molar-refractivity contribution in [1.29, 1.82) is 0 Å². The second kappa shape index (κ2) is 7.47. The van der Waals surface area contributed by atoms with E-state index in [9.17, 15) is 14.9 Å². The van der Waals surface area contributed by atoms with E-state index in [0.29, 0.717) is 17.8 Å². The molecule has 0 saturated heterocycles. The lowest BCUT2D eigenvalue weighted by atomic mass is 10.1. The minimum Gasteiger partial charge on any atom is -0.379 e. The summed E-state index contributed by atoms with van der Waals surface area (Å²) < 4.78 is 0. The number of amides is 1. The van der Waals surface area contributed by atoms with Crippen LogP contribution in [0.2, 0.25) is 0 Å². The number of carbonyl (C=O) groups excluding carboxylic acids is 1. The molecule has 1 amide bonds. The Morgan fingerprint density at radius 1 is 1.45 bits per heavy atom. The van der Waals surface area contributed by atoms with Crippen molar-refractivity contribution in [3.63, 3.8) is 0 Å². The van der Waals surface area contributed by atoms with Gasteiger partial charge in [-0.05, 0) is 26.3 Å². The van der Waals surface area contributed by atoms with Crippen LogP contribution in [-0.4, -0.2) is 23.4 Å². The van der Waals surface area contributed by atoms with E-state index in [4.69, 9.17) is 0 Å². The van der Waals surface area contributed by atoms with E-state index in [0.717, 1.165) is 6.42 Å². The minimum absolute atomic E-state index is 0.0536. The van der Waals surface area contributed by atoms with E-state index in [1.54, 1.807) is 25.1 Å². The molecule has 0 heterocycles. The van der Waals surface area contributed by atoms with E-state index in [-0.39, 0.29) is 24.1 Å². The van der Waals surface area contributed by atoms with Crippen molar-refractivity contribution in [3.8, 4) is 0 Å². The molecule has 1 rings (SSSR count). The van der Waals surface area contributed by atoms with Gasteiger partial charge in [-0.25, -0.2) is 0 Å². The SMILES string of the molecule is CCC(C)NC(=O)CCNc1cccc(C)c1[N+](=O)[O-]. The number of benzene rings is 1. The normalized spacial score (nSPS) is 11.8. The van der Waals surface area contributed by atoms with Gasteiger partial charge in [-0.2, -0.15) is 0 Å². The van der Waals surface area contributed by atoms with Gasteiger partial charge in [0.25, 0.3) is 5.69 Å². The zero-order valence-electron chi connectivity index (χ0n) is 12.1. The molecule has 1 aromatic carbocycles. The Hall–Kier alpha value is -2.11. The van der Waals surface area contributed by atoms with Crippen LogP contribution in [0, 0.1) is 17.0 Å². The molecule has 0 aliphatic rings. The number of para-hydroxylation sites is 1. The summed E-state index contributed by atoms with van der Waals surface area (Å²) in [6, 6.07) is 5.25. The van der Waals surface area contributed by atoms with Crippen LogP contribution in [0.25, 0.3) is 0 Å². The first-order chi connectivity index (χ1) is 9.45. The fraction of sp³-hybridized carbons (Fsp3) is 0.500. The lowest BCUT2D eigenvalue weighted by Crippen LogP contribution is -2.32. The molecule has 1 atom stereocenters. The van der Waals surface area contributed by atoms with Gasteiger partial charge in [0.2, 0.25) is 5.91 Å². The molecule has 0 fully saturated rings. The van der Waals surface area contributed by atoms with Crippen LogP contribution in [0.1, 0.15) is 32.3 Å². The summed E-state index contributed by atoms with van der Waals surface area (Å²) in [6.45, 7) is 6.00. The third-order valence-electron chi connectivity index (χ3n) is 3.11. The topological polar surface area (TPSA) is 84.3 Å². The third kappa shape index (κ3) is 4.53. The average Bonchev–Trinajstić information content (AvgIpc) is 2.38. The third-order valence-corrected chi connectivity index (χ3v) is 3.11. The van der Waals surface area contributed by atoms with Crippen molar-refractivity contribution in [2.75, 3.05) is 11.9 Å². The smallest absolute Gasteiger partial charge is 0.295 e. The number of nitrogens with one attached hydrogen (secondary N) is 2. The Morgan fingerprint density at radius 3 is 2.75 bits per heavy atom. The largest absolute Gasteiger partial charge is 0.379 e. The molecule has 2 N–H and O–H groups in total. The number of carbonyl (C=O) groups is 1. The number of nitro benzene ring substituents is 1. The van der Waals surface area contributed by atoms with Crippen molar-refractivity contribution in [2.45, 2.75) is 39.7 Å². The van der Waals surface area contributed by atoms with Crippen molar-refractivity contribution in [1.82, 2.24) is 5.32 Å². The zero-order chi connectivity index (χ0) is 15.1. The van der Waals surface area contributed by atoms with Crippen molar-refractivity contribution < 1.29 is 9.72 Å². The molecule has 0 aliphatic carbocycles. The highest BCUT2D eigenvalue weighted by molar-refractivity contribution is 5.77. The summed E-state index contributed by atoms with van der Waals surface area (Å²) in [5.74, 6) is -0.0536. The van der Waals surface area contributed by atoms with Gasteiger partial charge in [0, 0.05) is 24.6 Å². The van der Waals surface area contributed by atoms with Gasteiger partial charge < -0.3 is 10.6 Å². The molecular weight excluding hydrogens is 258 g/mol. The van der Waals surface area contributed by atoms with Gasteiger partial charge in [0.05, 0.1) is 4.92 Å². The van der Waals surface area contributed by atoms with Crippen molar-refractivity contribution >= 4 is 17.3 Å². The number of hydrogen-bond acceptors (Lipinski definition) is 4. The van der Waals surface area contributed by atoms with E-state index in [1.807, 2.05) is 13.8 Å². The molecule has 110 valence electrons. The predicted octanol–water partition coefficient (Wildman–Crippen LogP) is 2.62. The summed E-state index contributed by atoms with van der Waals surface area (Å²) in [5.41, 5.74) is 1.12. The van der Waals surface area contributed by atoms with Crippen LogP contribution in [0.5, 0.6) is 0 Å². The first-order valence-corrected chi connectivity index (χ1v) is 6.73. The van der Waals surface area contributed by atoms with Crippen LogP contribution >= 0.6 is 0 Å². The maximum atomic E-state index is 11.6. The molecule has 0 aliphatic heterocycles. The summed E-state index contributed by atoms with van der Waals surface area (Å²) in [6.07, 6.45) is 1.16. The maximum absolute atomic E-state index is 11.6. The van der Waals surface area contributed by atoms with Crippen LogP contribution in [0.4, 0.5) is 11.4 Å². The Bertz CT molecular complexity index is 489. The molecule has 1 aromatic rings. The summed E-state index contributed by atoms with van der Waals surface area (Å²) >= 11 is 0. The number of nitro groups is 1. The average molecular weight is 279 g/mol. The molecule has 0 saturated carbocycles. The van der Waals surface area contributed by atoms with Crippen LogP contribution in [0.15, 0.2) is 18.2 Å². The maximum Gasteiger partial charge on any atom is 0.295 e. The zero-order valence-corrected chi connectivity index (χ0v) is 12.1. The van der Waals surface area contributed by atoms with Crippen molar-refractivity contribution in [3.05, 3.63) is 33.9 Å². The number of hydrogen-bond donors (Lipinski definition) is 2. The summed E-state index contributed by atoms with van der Waals surface area (Å²) in [4.78, 5) is 22.2. The highest BCUT2D eigenvalue weighted by Gasteiger charge is 2.16. The minimum atomic E-state index is -0.406. The monoisotopic (exact) mass is 279 g/mol. The predicted molar refractivity (Wildman–Crippen MR) is 78.8 cm³/mol. The Kier molecular flexibility index (Phi) is 5.96. The van der Waals surface area contributed by atoms with Gasteiger partial charge in [0.15, 0.2) is 0 Å². The molecule has 0 aromatic heterocycles. The van der Waals surface area contributed by atoms with Gasteiger partial charge in [0.1, 0.15) is 5.69 Å². The van der Waals surface area contributed by atoms with Crippen LogP contribution in [-0.2, 0) is 4.79 Å². The fourth-order valence-corrected chi connectivity index (χ4v) is 1.80. The molecule has 0 bridgehead atoms. The quantitative estimate of drug-likeness (QED) is 0.593. The van der Waals surface area contributed by atoms with E-state index in [1.165, 1.54) is 0 Å². The Balaban J connectivity index is 2.57. The summed E-state index contributed by atoms with van der Waals surface area (Å²) in [5, 5.41) is 16.8. The number of nitrogens with zero attached hydrogens (tertiary/aromatic N) is 1. The summed E-state index contributed by atoms with van der Waals surface area (Å²) in [7, 11) is 0. The number of rotatable bonds is 7. The van der Waals surface area contributed by atoms with Crippen LogP contribution in [0.3, 0.4) is 0 Å². The number of anilines is 1. The van der Waals surface area contributed by atoms with Gasteiger partial charge in [-0.1, -0.05) is 19.1 Å². The van der Waals surface area contributed by atoms with Gasteiger partial charge in [-0.15, -0.1) is 0 Å². The van der Waals surface area contributed by atoms with Crippen molar-refractivity contribution in [2.24, 2.45) is 0 Å². The van der Waals surface area contributed by atoms with Gasteiger partial charge >= 0.3 is 0 Å². The molecule has 0 radical (unpaired) electrons. The first-order valence-electron chi connectivity index (χ1n) is 6.73. The molecule has 6 heteroatoms. The van der Waals surface area contributed by atoms with Crippen LogP contribution < -0.4 is 10.6 Å². The lowest BCUT2D eigenvalue weighted by molar-refractivity contribution is -0.384. The lowest BCUT2D eigenvalue weighted by Gasteiger charge is -2.12. The highest BCUT2D eigenvalue weighted by atomic mass is 16.6. The fourth-order valence-electron chi connectivity index (χ4n) is 1.80. The van der Waals surface area contributed by atoms with Gasteiger partial charge in [-0.3, -0.25) is 14.9 Å². The molecule has 6 nitrogen and oxygen atoms in total. The highest BCUT2D eigenvalue weighted by Crippen LogP contribution is 2.27. The van der Waals surface area contributed by atoms with E-state index in [2.05, 4.69) is 10.6 Å². The first kappa shape index (κ1) is 15.9.